The summed E-state index contributed by atoms with van der Waals surface area (Å²) in [5, 5.41) is 24.4. The highest BCUT2D eigenvalue weighted by Crippen LogP contribution is 2.37. The second-order valence-electron chi connectivity index (χ2n) is 5.20. The van der Waals surface area contributed by atoms with Crippen molar-refractivity contribution in [1.29, 1.82) is 0 Å². The van der Waals surface area contributed by atoms with Crippen LogP contribution in [0.25, 0.3) is 0 Å². The van der Waals surface area contributed by atoms with Crippen LogP contribution < -0.4 is 5.43 Å². The van der Waals surface area contributed by atoms with Crippen molar-refractivity contribution in [2.75, 3.05) is 5.43 Å². The summed E-state index contributed by atoms with van der Waals surface area (Å²) in [6.07, 6.45) is -1.62. The quantitative estimate of drug-likeness (QED) is 0.342. The van der Waals surface area contributed by atoms with E-state index in [2.05, 4.69) is 17.1 Å². The number of non-ortho nitro benzene ring substituents is 1. The van der Waals surface area contributed by atoms with Crippen LogP contribution in [0.2, 0.25) is 0 Å². The van der Waals surface area contributed by atoms with Crippen molar-refractivity contribution in [2.45, 2.75) is 12.6 Å². The Labute approximate surface area is 146 Å². The van der Waals surface area contributed by atoms with E-state index in [1.807, 2.05) is 0 Å². The molecule has 0 saturated heterocycles. The third-order valence-electron chi connectivity index (χ3n) is 3.42. The zero-order chi connectivity index (χ0) is 19.3. The Morgan fingerprint density at radius 3 is 2.65 bits per heavy atom. The number of aromatic hydroxyl groups is 1. The number of anilines is 1. The van der Waals surface area contributed by atoms with Gasteiger partial charge in [-0.25, -0.2) is 0 Å². The zero-order valence-corrected chi connectivity index (χ0v) is 13.3. The molecule has 136 valence electrons. The minimum Gasteiger partial charge on any atom is -0.507 e. The first-order valence-corrected chi connectivity index (χ1v) is 7.30. The van der Waals surface area contributed by atoms with Gasteiger partial charge >= 0.3 is 6.18 Å². The average molecular weight is 365 g/mol. The fourth-order valence-electron chi connectivity index (χ4n) is 2.18. The van der Waals surface area contributed by atoms with Crippen molar-refractivity contribution >= 4 is 17.6 Å². The van der Waals surface area contributed by atoms with Gasteiger partial charge in [-0.05, 0) is 24.1 Å². The third-order valence-corrected chi connectivity index (χ3v) is 3.42. The molecule has 0 fully saturated rings. The van der Waals surface area contributed by atoms with Gasteiger partial charge in [-0.2, -0.15) is 18.3 Å². The van der Waals surface area contributed by atoms with Crippen molar-refractivity contribution in [2.24, 2.45) is 5.10 Å². The van der Waals surface area contributed by atoms with E-state index in [9.17, 15) is 28.4 Å². The second-order valence-corrected chi connectivity index (χ2v) is 5.20. The van der Waals surface area contributed by atoms with Crippen LogP contribution in [-0.2, 0) is 12.6 Å². The lowest BCUT2D eigenvalue weighted by Gasteiger charge is -2.12. The number of hydrogen-bond donors (Lipinski definition) is 2. The summed E-state index contributed by atoms with van der Waals surface area (Å²) in [7, 11) is 0. The number of nitro groups is 1. The van der Waals surface area contributed by atoms with Crippen LogP contribution in [0.5, 0.6) is 5.75 Å². The summed E-state index contributed by atoms with van der Waals surface area (Å²) in [6.45, 7) is 3.57. The molecule has 0 aromatic heterocycles. The van der Waals surface area contributed by atoms with Crippen molar-refractivity contribution in [3.8, 4) is 5.75 Å². The summed E-state index contributed by atoms with van der Waals surface area (Å²) < 4.78 is 39.2. The molecule has 0 heterocycles. The van der Waals surface area contributed by atoms with Gasteiger partial charge in [-0.1, -0.05) is 18.2 Å². The molecule has 0 bridgehead atoms. The van der Waals surface area contributed by atoms with Crippen molar-refractivity contribution in [3.63, 3.8) is 0 Å². The first kappa shape index (κ1) is 19.0. The van der Waals surface area contributed by atoms with Gasteiger partial charge in [-0.15, -0.1) is 6.58 Å². The van der Waals surface area contributed by atoms with Gasteiger partial charge in [0.15, 0.2) is 0 Å². The van der Waals surface area contributed by atoms with Gasteiger partial charge in [0.1, 0.15) is 5.75 Å². The molecule has 2 N–H and O–H groups in total. The molecule has 2 aromatic rings. The van der Waals surface area contributed by atoms with Crippen molar-refractivity contribution < 1.29 is 23.2 Å². The predicted molar refractivity (Wildman–Crippen MR) is 91.3 cm³/mol. The van der Waals surface area contributed by atoms with Crippen molar-refractivity contribution in [3.05, 3.63) is 75.9 Å². The number of hydrazone groups is 1. The number of rotatable bonds is 6. The highest BCUT2D eigenvalue weighted by atomic mass is 19.4. The van der Waals surface area contributed by atoms with E-state index in [4.69, 9.17) is 0 Å². The standard InChI is InChI=1S/C17H14F3N3O3/c1-2-4-11-5-3-6-12(16(11)24)10-21-22-15-8-7-13(23(25)26)9-14(15)17(18,19)20/h2-3,5-10,22,24H,1,4H2/b21-10+. The second kappa shape index (κ2) is 7.68. The average Bonchev–Trinajstić information content (AvgIpc) is 2.57. The van der Waals surface area contributed by atoms with E-state index < -0.39 is 28.0 Å². The Balaban J connectivity index is 2.29. The molecule has 2 rings (SSSR count). The van der Waals surface area contributed by atoms with E-state index in [0.717, 1.165) is 18.3 Å². The number of halogens is 3. The molecule has 0 amide bonds. The van der Waals surface area contributed by atoms with E-state index in [0.29, 0.717) is 23.6 Å². The lowest BCUT2D eigenvalue weighted by Crippen LogP contribution is -2.09. The molecule has 0 atom stereocenters. The van der Waals surface area contributed by atoms with E-state index in [1.54, 1.807) is 18.2 Å². The fourth-order valence-corrected chi connectivity index (χ4v) is 2.18. The van der Waals surface area contributed by atoms with E-state index in [-0.39, 0.29) is 5.75 Å². The highest BCUT2D eigenvalue weighted by molar-refractivity contribution is 5.84. The van der Waals surface area contributed by atoms with Gasteiger partial charge in [0.25, 0.3) is 5.69 Å². The van der Waals surface area contributed by atoms with Crippen LogP contribution >= 0.6 is 0 Å². The SMILES string of the molecule is C=CCc1cccc(/C=N/Nc2ccc([N+](=O)[O-])cc2C(F)(F)F)c1O. The monoisotopic (exact) mass is 365 g/mol. The number of alkyl halides is 3. The summed E-state index contributed by atoms with van der Waals surface area (Å²) in [5.41, 5.74) is 0.763. The molecule has 0 radical (unpaired) electrons. The molecule has 0 saturated carbocycles. The molecular weight excluding hydrogens is 351 g/mol. The summed E-state index contributed by atoms with van der Waals surface area (Å²) >= 11 is 0. The van der Waals surface area contributed by atoms with Gasteiger partial charge < -0.3 is 5.11 Å². The van der Waals surface area contributed by atoms with Crippen LogP contribution in [0.4, 0.5) is 24.5 Å². The number of phenols is 1. The van der Waals surface area contributed by atoms with Gasteiger partial charge in [0, 0.05) is 17.7 Å². The lowest BCUT2D eigenvalue weighted by molar-refractivity contribution is -0.385. The minimum absolute atomic E-state index is 0.0577. The normalized spacial score (nSPS) is 11.5. The summed E-state index contributed by atoms with van der Waals surface area (Å²) in [4.78, 5) is 9.76. The maximum Gasteiger partial charge on any atom is 0.418 e. The number of hydrogen-bond acceptors (Lipinski definition) is 5. The number of benzene rings is 2. The van der Waals surface area contributed by atoms with Crippen LogP contribution in [0.1, 0.15) is 16.7 Å². The summed E-state index contributed by atoms with van der Waals surface area (Å²) in [6, 6.07) is 7.17. The third kappa shape index (κ3) is 4.38. The molecule has 0 unspecified atom stereocenters. The summed E-state index contributed by atoms with van der Waals surface area (Å²) in [5.74, 6) is -0.0577. The lowest BCUT2D eigenvalue weighted by atomic mass is 10.1. The zero-order valence-electron chi connectivity index (χ0n) is 13.3. The van der Waals surface area contributed by atoms with E-state index in [1.165, 1.54) is 6.07 Å². The van der Waals surface area contributed by atoms with Crippen LogP contribution in [-0.4, -0.2) is 16.2 Å². The van der Waals surface area contributed by atoms with E-state index >= 15 is 0 Å². The molecule has 0 spiro atoms. The van der Waals surface area contributed by atoms with Crippen LogP contribution in [0.15, 0.2) is 54.2 Å². The molecule has 9 heteroatoms. The Bertz CT molecular complexity index is 864. The number of para-hydroxylation sites is 1. The molecule has 6 nitrogen and oxygen atoms in total. The maximum atomic E-state index is 13.1. The number of phenolic OH excluding ortho intramolecular Hbond substituents is 1. The molecule has 0 aliphatic rings. The number of allylic oxidation sites excluding steroid dienone is 1. The van der Waals surface area contributed by atoms with Gasteiger partial charge in [-0.3, -0.25) is 15.5 Å². The topological polar surface area (TPSA) is 87.8 Å². The fraction of sp³-hybridized carbons (Fsp3) is 0.118. The first-order chi connectivity index (χ1) is 12.2. The van der Waals surface area contributed by atoms with Gasteiger partial charge in [0.05, 0.1) is 22.4 Å². The van der Waals surface area contributed by atoms with Crippen molar-refractivity contribution in [1.82, 2.24) is 0 Å². The maximum absolute atomic E-state index is 13.1. The largest absolute Gasteiger partial charge is 0.507 e. The number of nitro benzene ring substituents is 1. The number of nitrogens with one attached hydrogen (secondary N) is 1. The molecule has 0 aliphatic heterocycles. The minimum atomic E-state index is -4.80. The Morgan fingerprint density at radius 1 is 1.31 bits per heavy atom. The predicted octanol–water partition coefficient (Wildman–Crippen LogP) is 4.49. The van der Waals surface area contributed by atoms with Crippen LogP contribution in [0.3, 0.4) is 0 Å². The van der Waals surface area contributed by atoms with Crippen LogP contribution in [0, 0.1) is 10.1 Å². The highest BCUT2D eigenvalue weighted by Gasteiger charge is 2.35. The Kier molecular flexibility index (Phi) is 5.61. The molecule has 0 aliphatic carbocycles. The van der Waals surface area contributed by atoms with Gasteiger partial charge in [0.2, 0.25) is 0 Å². The number of nitrogens with zero attached hydrogens (tertiary/aromatic N) is 2. The molecule has 26 heavy (non-hydrogen) atoms. The Hall–Kier alpha value is -3.36. The Morgan fingerprint density at radius 2 is 2.04 bits per heavy atom. The smallest absolute Gasteiger partial charge is 0.418 e. The molecular formula is C17H14F3N3O3. The first-order valence-electron chi connectivity index (χ1n) is 7.30. The molecule has 2 aromatic carbocycles.